The number of rotatable bonds is 2. The van der Waals surface area contributed by atoms with Crippen molar-refractivity contribution in [1.82, 2.24) is 0 Å². The summed E-state index contributed by atoms with van der Waals surface area (Å²) < 4.78 is 3.70. The van der Waals surface area contributed by atoms with Crippen LogP contribution in [0.2, 0.25) is 0 Å². The Morgan fingerprint density at radius 3 is 1.50 bits per heavy atom. The molecule has 0 aromatic rings. The van der Waals surface area contributed by atoms with Gasteiger partial charge < -0.3 is 24.8 Å². The van der Waals surface area contributed by atoms with E-state index in [-0.39, 0.29) is 49.4 Å². The van der Waals surface area contributed by atoms with Gasteiger partial charge in [-0.3, -0.25) is 0 Å². The molecule has 1 saturated heterocycles. The third-order valence-corrected chi connectivity index (χ3v) is 8.20. The number of halogens is 2. The van der Waals surface area contributed by atoms with E-state index in [4.69, 9.17) is 0 Å². The molecule has 1 aliphatic heterocycles. The zero-order valence-electron chi connectivity index (χ0n) is 14.6. The third-order valence-electron chi connectivity index (χ3n) is 5.76. The van der Waals surface area contributed by atoms with E-state index in [1.165, 1.54) is 25.7 Å². The monoisotopic (exact) mass is 372 g/mol. The molecule has 0 amide bonds. The Labute approximate surface area is 157 Å². The number of hydrogen-bond acceptors (Lipinski definition) is 0. The molecule has 120 valence electrons. The maximum Gasteiger partial charge on any atom is -1.00 e. The molecule has 0 aromatic carbocycles. The molecule has 3 aliphatic rings. The normalized spacial score (nSPS) is 21.9. The maximum atomic E-state index is 2.47. The van der Waals surface area contributed by atoms with E-state index in [0.29, 0.717) is 0 Å². The molecule has 3 heteroatoms. The van der Waals surface area contributed by atoms with Gasteiger partial charge >= 0.3 is 133 Å². The van der Waals surface area contributed by atoms with Crippen molar-refractivity contribution >= 4 is 0 Å². The van der Waals surface area contributed by atoms with E-state index in [9.17, 15) is 0 Å². The Morgan fingerprint density at radius 2 is 1.18 bits per heavy atom. The molecule has 0 N–H and O–H groups in total. The molecule has 0 radical (unpaired) electrons. The van der Waals surface area contributed by atoms with E-state index < -0.39 is 0 Å². The van der Waals surface area contributed by atoms with Crippen LogP contribution in [0.3, 0.4) is 0 Å². The van der Waals surface area contributed by atoms with Crippen molar-refractivity contribution in [2.24, 2.45) is 5.41 Å². The molecule has 0 aromatic heterocycles. The van der Waals surface area contributed by atoms with Crippen LogP contribution in [0.25, 0.3) is 0 Å². The van der Waals surface area contributed by atoms with Crippen LogP contribution in [0.4, 0.5) is 0 Å². The summed E-state index contributed by atoms with van der Waals surface area (Å²) in [5.74, 6) is 0. The molecule has 1 fully saturated rings. The number of allylic oxidation sites excluding steroid dienone is 8. The number of fused-ring (bicyclic) bond motifs is 4. The molecule has 0 atom stereocenters. The summed E-state index contributed by atoms with van der Waals surface area (Å²) in [6.07, 6.45) is 5.05. The molecule has 22 heavy (non-hydrogen) atoms. The molecule has 4 bridgehead atoms. The summed E-state index contributed by atoms with van der Waals surface area (Å²) in [5, 5.41) is 0. The van der Waals surface area contributed by atoms with Crippen molar-refractivity contribution in [3.8, 4) is 0 Å². The second-order valence-electron chi connectivity index (χ2n) is 6.93. The average molecular weight is 373 g/mol. The third kappa shape index (κ3) is 2.75. The molecule has 0 nitrogen and oxygen atoms in total. The van der Waals surface area contributed by atoms with Crippen LogP contribution in [0.1, 0.15) is 67.2 Å². The van der Waals surface area contributed by atoms with E-state index in [1.54, 1.807) is 33.4 Å². The van der Waals surface area contributed by atoms with Crippen LogP contribution < -0.4 is 24.8 Å². The van der Waals surface area contributed by atoms with E-state index >= 15 is 0 Å². The molecule has 2 aliphatic carbocycles. The minimum Gasteiger partial charge on any atom is -1.00 e. The van der Waals surface area contributed by atoms with Crippen molar-refractivity contribution in [3.63, 3.8) is 0 Å². The first-order valence-corrected chi connectivity index (χ1v) is 9.60. The summed E-state index contributed by atoms with van der Waals surface area (Å²) in [5.41, 5.74) is 10.5. The first-order valence-electron chi connectivity index (χ1n) is 8.04. The van der Waals surface area contributed by atoms with Gasteiger partial charge in [-0.25, -0.2) is 0 Å². The average Bonchev–Trinajstić information content (AvgIpc) is 2.88. The minimum absolute atomic E-state index is 0. The van der Waals surface area contributed by atoms with Crippen LogP contribution >= 0.6 is 0 Å². The molecular weight excluding hydrogens is 347 g/mol. The summed E-state index contributed by atoms with van der Waals surface area (Å²) in [4.78, 5) is 0. The van der Waals surface area contributed by atoms with Crippen LogP contribution in [0.5, 0.6) is 0 Å². The predicted molar refractivity (Wildman–Crippen MR) is 83.0 cm³/mol. The van der Waals surface area contributed by atoms with Gasteiger partial charge in [0.15, 0.2) is 0 Å². The molecule has 3 rings (SSSR count). The Bertz CT molecular complexity index is 563. The standard InChI is InChI=1S/C19H26.2ClH.Ti/c1-7-15-9-11-17(13(15)3)19(5,6)18-12-10-16(8-2)14(18)4;;;/h7-8,11-12H2,1-6H3;2*1H;/q;;;+2/p-2. The van der Waals surface area contributed by atoms with Crippen LogP contribution in [-0.2, 0) is 19.2 Å². The Hall–Kier alpha value is 0.254. The predicted octanol–water partition coefficient (Wildman–Crippen LogP) is -0.115. The first-order chi connectivity index (χ1) is 9.41. The fourth-order valence-electron chi connectivity index (χ4n) is 4.59. The zero-order valence-corrected chi connectivity index (χ0v) is 17.7. The minimum atomic E-state index is -0.0473. The van der Waals surface area contributed by atoms with Gasteiger partial charge in [0.05, 0.1) is 0 Å². The van der Waals surface area contributed by atoms with Crippen molar-refractivity contribution in [3.05, 3.63) is 41.2 Å². The van der Waals surface area contributed by atoms with Gasteiger partial charge in [0.25, 0.3) is 0 Å². The summed E-state index contributed by atoms with van der Waals surface area (Å²) in [7, 11) is 0. The van der Waals surface area contributed by atoms with E-state index in [0.717, 1.165) is 0 Å². The second-order valence-corrected chi connectivity index (χ2v) is 9.21. The second kappa shape index (κ2) is 7.02. The van der Waals surface area contributed by atoms with Crippen molar-refractivity contribution in [2.75, 3.05) is 0 Å². The maximum absolute atomic E-state index is 2.47. The summed E-state index contributed by atoms with van der Waals surface area (Å²) in [6, 6.07) is 0. The van der Waals surface area contributed by atoms with Crippen LogP contribution in [0.15, 0.2) is 41.2 Å². The molecule has 0 spiro atoms. The fourth-order valence-corrected chi connectivity index (χ4v) is 7.60. The molecule has 0 saturated carbocycles. The fraction of sp³-hybridized carbons (Fsp3) is 0.579. The Morgan fingerprint density at radius 1 is 0.818 bits per heavy atom. The van der Waals surface area contributed by atoms with Gasteiger partial charge in [0.1, 0.15) is 0 Å². The summed E-state index contributed by atoms with van der Waals surface area (Å²) in [6.45, 7) is 14.4. The largest absolute Gasteiger partial charge is 1.00 e. The zero-order chi connectivity index (χ0) is 14.7. The topological polar surface area (TPSA) is 0 Å². The summed E-state index contributed by atoms with van der Waals surface area (Å²) >= 11 is -0.0473. The van der Waals surface area contributed by atoms with Gasteiger partial charge in [-0.15, -0.1) is 0 Å². The van der Waals surface area contributed by atoms with Crippen LogP contribution in [0, 0.1) is 5.41 Å². The number of hydrogen-bond donors (Lipinski definition) is 0. The SMILES string of the molecule is CCC1=[C]2CC(=C1C)C(C)(C)C1=C(C)C(CC)=[C](C1)[Ti+2]2.[Cl-].[Cl-]. The first kappa shape index (κ1) is 20.3. The van der Waals surface area contributed by atoms with Crippen molar-refractivity contribution < 1.29 is 44.0 Å². The van der Waals surface area contributed by atoms with Crippen molar-refractivity contribution in [2.45, 2.75) is 67.2 Å². The van der Waals surface area contributed by atoms with Gasteiger partial charge in [0.2, 0.25) is 0 Å². The van der Waals surface area contributed by atoms with E-state index in [2.05, 4.69) is 41.5 Å². The van der Waals surface area contributed by atoms with E-state index in [1.807, 2.05) is 7.76 Å². The Kier molecular flexibility index (Phi) is 6.47. The smallest absolute Gasteiger partial charge is 1.00 e. The Balaban J connectivity index is 0.00000121. The molecule has 1 heterocycles. The van der Waals surface area contributed by atoms with Crippen LogP contribution in [-0.4, -0.2) is 0 Å². The quantitative estimate of drug-likeness (QED) is 0.593. The molecular formula is C19H26Cl2Ti. The van der Waals surface area contributed by atoms with Gasteiger partial charge in [-0.1, -0.05) is 0 Å². The van der Waals surface area contributed by atoms with Gasteiger partial charge in [0, 0.05) is 0 Å². The molecule has 0 unspecified atom stereocenters. The van der Waals surface area contributed by atoms with Crippen molar-refractivity contribution in [1.29, 1.82) is 0 Å². The van der Waals surface area contributed by atoms with Gasteiger partial charge in [-0.2, -0.15) is 0 Å². The van der Waals surface area contributed by atoms with Gasteiger partial charge in [-0.05, 0) is 0 Å².